The van der Waals surface area contributed by atoms with E-state index in [1.807, 2.05) is 51.0 Å². The van der Waals surface area contributed by atoms with E-state index in [0.29, 0.717) is 36.9 Å². The number of thiazole rings is 1. The van der Waals surface area contributed by atoms with Gasteiger partial charge in [0.25, 0.3) is 5.91 Å². The summed E-state index contributed by atoms with van der Waals surface area (Å²) in [6, 6.07) is 11.9. The molecule has 10 heteroatoms. The van der Waals surface area contributed by atoms with Crippen LogP contribution >= 0.6 is 11.3 Å². The van der Waals surface area contributed by atoms with E-state index in [4.69, 9.17) is 9.72 Å². The Morgan fingerprint density at radius 3 is 2.34 bits per heavy atom. The molecule has 0 aliphatic rings. The fraction of sp³-hybridized carbons (Fsp3) is 0.440. The first-order valence-corrected chi connectivity index (χ1v) is 14.0. The van der Waals surface area contributed by atoms with Crippen LogP contribution in [0.1, 0.15) is 37.0 Å². The first-order valence-electron chi connectivity index (χ1n) is 11.7. The quantitative estimate of drug-likeness (QED) is 0.355. The average Bonchev–Trinajstić information content (AvgIpc) is 3.25. The molecule has 3 rings (SSSR count). The van der Waals surface area contributed by atoms with Gasteiger partial charge in [0.1, 0.15) is 5.75 Å². The molecule has 0 radical (unpaired) electrons. The van der Waals surface area contributed by atoms with Crippen LogP contribution in [0.5, 0.6) is 5.75 Å². The average molecular weight is 519 g/mol. The maximum atomic E-state index is 13.5. The summed E-state index contributed by atoms with van der Waals surface area (Å²) >= 11 is 1.43. The zero-order valence-corrected chi connectivity index (χ0v) is 22.7. The van der Waals surface area contributed by atoms with Crippen LogP contribution in [-0.4, -0.2) is 75.9 Å². The normalized spacial score (nSPS) is 12.0. The maximum Gasteiger partial charge on any atom is 0.260 e. The fourth-order valence-corrected chi connectivity index (χ4v) is 5.68. The molecule has 0 bridgehead atoms. The van der Waals surface area contributed by atoms with Crippen LogP contribution in [0.4, 0.5) is 5.13 Å². The van der Waals surface area contributed by atoms with Crippen LogP contribution in [0.2, 0.25) is 0 Å². The molecule has 0 unspecified atom stereocenters. The largest absolute Gasteiger partial charge is 0.494 e. The molecule has 0 atom stereocenters. The number of hydrogen-bond acceptors (Lipinski definition) is 7. The molecule has 3 aromatic rings. The Bertz CT molecular complexity index is 1240. The molecule has 2 aromatic carbocycles. The van der Waals surface area contributed by atoms with Gasteiger partial charge < -0.3 is 9.64 Å². The molecule has 0 spiro atoms. The Morgan fingerprint density at radius 2 is 1.71 bits per heavy atom. The van der Waals surface area contributed by atoms with Crippen LogP contribution in [0.15, 0.2) is 47.4 Å². The number of ether oxygens (including phenoxy) is 1. The van der Waals surface area contributed by atoms with E-state index in [9.17, 15) is 13.2 Å². The van der Waals surface area contributed by atoms with E-state index >= 15 is 0 Å². The molecule has 0 aliphatic carbocycles. The van der Waals surface area contributed by atoms with Gasteiger partial charge in [-0.25, -0.2) is 17.7 Å². The standard InChI is InChI=1S/C25H34N4O4S2/c1-6-8-15-28(5)35(31,32)21-12-9-19(10-13-21)24(30)29(17-16-27(3)4)25-26-22-14-11-20(33-7-2)18-23(22)34-25/h9-14,18H,6-8,15-17H2,1-5H3. The minimum Gasteiger partial charge on any atom is -0.494 e. The molecule has 1 heterocycles. The second kappa shape index (κ2) is 11.9. The number of amides is 1. The maximum absolute atomic E-state index is 13.5. The molecule has 0 saturated heterocycles. The van der Waals surface area contributed by atoms with Crippen molar-refractivity contribution in [3.05, 3.63) is 48.0 Å². The lowest BCUT2D eigenvalue weighted by Gasteiger charge is -2.22. The van der Waals surface area contributed by atoms with Crippen LogP contribution in [0.25, 0.3) is 10.2 Å². The van der Waals surface area contributed by atoms with Gasteiger partial charge in [-0.2, -0.15) is 0 Å². The number of fused-ring (bicyclic) bond motifs is 1. The molecule has 0 fully saturated rings. The molecule has 1 aromatic heterocycles. The molecule has 35 heavy (non-hydrogen) atoms. The van der Waals surface area contributed by atoms with Crippen LogP contribution < -0.4 is 9.64 Å². The lowest BCUT2D eigenvalue weighted by Crippen LogP contribution is -2.36. The second-order valence-electron chi connectivity index (χ2n) is 8.52. The number of benzene rings is 2. The van der Waals surface area contributed by atoms with Gasteiger partial charge in [-0.15, -0.1) is 0 Å². The van der Waals surface area contributed by atoms with Gasteiger partial charge in [0.15, 0.2) is 5.13 Å². The van der Waals surface area contributed by atoms with Crippen molar-refractivity contribution in [1.29, 1.82) is 0 Å². The van der Waals surface area contributed by atoms with Gasteiger partial charge in [-0.05, 0) is 69.9 Å². The van der Waals surface area contributed by atoms with Crippen LogP contribution in [0.3, 0.4) is 0 Å². The van der Waals surface area contributed by atoms with Crippen molar-refractivity contribution in [3.63, 3.8) is 0 Å². The Labute approximate surface area is 212 Å². The number of nitrogens with zero attached hydrogens (tertiary/aromatic N) is 4. The summed E-state index contributed by atoms with van der Waals surface area (Å²) < 4.78 is 33.6. The molecular formula is C25H34N4O4S2. The summed E-state index contributed by atoms with van der Waals surface area (Å²) in [5.74, 6) is 0.543. The molecule has 0 saturated carbocycles. The molecule has 190 valence electrons. The van der Waals surface area contributed by atoms with Gasteiger partial charge in [0.05, 0.1) is 21.7 Å². The number of carbonyl (C=O) groups excluding carboxylic acids is 1. The lowest BCUT2D eigenvalue weighted by atomic mass is 10.2. The number of aromatic nitrogens is 1. The van der Waals surface area contributed by atoms with Crippen LogP contribution in [-0.2, 0) is 10.0 Å². The van der Waals surface area contributed by atoms with Crippen molar-refractivity contribution in [2.24, 2.45) is 0 Å². The number of anilines is 1. The Morgan fingerprint density at radius 1 is 1.00 bits per heavy atom. The van der Waals surface area contributed by atoms with E-state index in [2.05, 4.69) is 0 Å². The van der Waals surface area contributed by atoms with Crippen LogP contribution in [0, 0.1) is 0 Å². The number of carbonyl (C=O) groups is 1. The van der Waals surface area contributed by atoms with Gasteiger partial charge in [0, 0.05) is 32.2 Å². The SMILES string of the molecule is CCCCN(C)S(=O)(=O)c1ccc(C(=O)N(CCN(C)C)c2nc3ccc(OCC)cc3s2)cc1. The molecule has 1 amide bonds. The molecule has 8 nitrogen and oxygen atoms in total. The zero-order valence-electron chi connectivity index (χ0n) is 21.0. The zero-order chi connectivity index (χ0) is 25.6. The predicted molar refractivity (Wildman–Crippen MR) is 142 cm³/mol. The monoisotopic (exact) mass is 518 g/mol. The number of likely N-dealkylation sites (N-methyl/N-ethyl adjacent to an activating group) is 1. The number of unbranched alkanes of at least 4 members (excludes halogenated alkanes) is 1. The Balaban J connectivity index is 1.89. The van der Waals surface area contributed by atoms with Crippen molar-refractivity contribution < 1.29 is 17.9 Å². The minimum absolute atomic E-state index is 0.177. The Hall–Kier alpha value is -2.53. The highest BCUT2D eigenvalue weighted by Crippen LogP contribution is 2.32. The third-order valence-electron chi connectivity index (χ3n) is 5.54. The van der Waals surface area contributed by atoms with Crippen molar-refractivity contribution >= 4 is 42.6 Å². The summed E-state index contributed by atoms with van der Waals surface area (Å²) in [4.78, 5) is 22.1. The molecular weight excluding hydrogens is 484 g/mol. The van der Waals surface area contributed by atoms with Crippen molar-refractivity contribution in [2.75, 3.05) is 52.3 Å². The summed E-state index contributed by atoms with van der Waals surface area (Å²) in [5.41, 5.74) is 1.21. The van der Waals surface area contributed by atoms with E-state index in [1.165, 1.54) is 27.8 Å². The molecule has 0 aliphatic heterocycles. The first kappa shape index (κ1) is 27.1. The van der Waals surface area contributed by atoms with Crippen molar-refractivity contribution in [2.45, 2.75) is 31.6 Å². The summed E-state index contributed by atoms with van der Waals surface area (Å²) in [5, 5.41) is 0.594. The van der Waals surface area contributed by atoms with Gasteiger partial charge in [-0.3, -0.25) is 9.69 Å². The predicted octanol–water partition coefficient (Wildman–Crippen LogP) is 4.32. The summed E-state index contributed by atoms with van der Waals surface area (Å²) in [6.07, 6.45) is 1.70. The third-order valence-corrected chi connectivity index (χ3v) is 8.45. The molecule has 0 N–H and O–H groups in total. The first-order chi connectivity index (χ1) is 16.7. The summed E-state index contributed by atoms with van der Waals surface area (Å²) in [7, 11) is 1.88. The Kier molecular flexibility index (Phi) is 9.23. The number of hydrogen-bond donors (Lipinski definition) is 0. The third kappa shape index (κ3) is 6.58. The smallest absolute Gasteiger partial charge is 0.260 e. The highest BCUT2D eigenvalue weighted by molar-refractivity contribution is 7.89. The minimum atomic E-state index is -3.59. The highest BCUT2D eigenvalue weighted by atomic mass is 32.2. The van der Waals surface area contributed by atoms with Crippen molar-refractivity contribution in [1.82, 2.24) is 14.2 Å². The number of rotatable bonds is 12. The summed E-state index contributed by atoms with van der Waals surface area (Å²) in [6.45, 7) is 6.09. The van der Waals surface area contributed by atoms with E-state index in [1.54, 1.807) is 24.1 Å². The van der Waals surface area contributed by atoms with E-state index in [-0.39, 0.29) is 10.8 Å². The topological polar surface area (TPSA) is 83.1 Å². The van der Waals surface area contributed by atoms with E-state index in [0.717, 1.165) is 28.8 Å². The van der Waals surface area contributed by atoms with Gasteiger partial charge >= 0.3 is 0 Å². The number of sulfonamides is 1. The lowest BCUT2D eigenvalue weighted by molar-refractivity contribution is 0.0985. The van der Waals surface area contributed by atoms with Crippen molar-refractivity contribution in [3.8, 4) is 5.75 Å². The van der Waals surface area contributed by atoms with Gasteiger partial charge in [0.2, 0.25) is 10.0 Å². The van der Waals surface area contributed by atoms with E-state index < -0.39 is 10.0 Å². The highest BCUT2D eigenvalue weighted by Gasteiger charge is 2.24. The fourth-order valence-electron chi connectivity index (χ4n) is 3.45. The van der Waals surface area contributed by atoms with Gasteiger partial charge in [-0.1, -0.05) is 24.7 Å². The second-order valence-corrected chi connectivity index (χ2v) is 11.6.